The lowest BCUT2D eigenvalue weighted by Gasteiger charge is -2.34. The summed E-state index contributed by atoms with van der Waals surface area (Å²) in [5, 5.41) is -0.251. The lowest BCUT2D eigenvalue weighted by Crippen LogP contribution is -2.42. The van der Waals surface area contributed by atoms with Crippen molar-refractivity contribution in [2.75, 3.05) is 25.4 Å². The van der Waals surface area contributed by atoms with E-state index >= 15 is 0 Å². The molecule has 0 amide bonds. The SMILES string of the molecule is CC1CN(CCS(=O)(=O)C(C)C)CCC1Br. The van der Waals surface area contributed by atoms with Crippen LogP contribution in [0.25, 0.3) is 0 Å². The van der Waals surface area contributed by atoms with Crippen molar-refractivity contribution >= 4 is 25.8 Å². The molecule has 0 aromatic heterocycles. The van der Waals surface area contributed by atoms with Crippen LogP contribution in [0.2, 0.25) is 0 Å². The summed E-state index contributed by atoms with van der Waals surface area (Å²) in [7, 11) is -2.88. The van der Waals surface area contributed by atoms with Gasteiger partial charge in [-0.2, -0.15) is 0 Å². The topological polar surface area (TPSA) is 37.4 Å². The van der Waals surface area contributed by atoms with E-state index in [4.69, 9.17) is 0 Å². The normalized spacial score (nSPS) is 28.6. The van der Waals surface area contributed by atoms with Gasteiger partial charge in [-0.15, -0.1) is 0 Å². The molecule has 0 bridgehead atoms. The zero-order chi connectivity index (χ0) is 12.3. The van der Waals surface area contributed by atoms with Gasteiger partial charge in [0, 0.05) is 17.9 Å². The van der Waals surface area contributed by atoms with Crippen LogP contribution in [0.15, 0.2) is 0 Å². The van der Waals surface area contributed by atoms with Crippen molar-refractivity contribution in [1.29, 1.82) is 0 Å². The van der Waals surface area contributed by atoms with Crippen molar-refractivity contribution in [2.24, 2.45) is 5.92 Å². The number of hydrogen-bond acceptors (Lipinski definition) is 3. The molecular weight excluding hydrogens is 290 g/mol. The van der Waals surface area contributed by atoms with E-state index in [1.54, 1.807) is 13.8 Å². The summed E-state index contributed by atoms with van der Waals surface area (Å²) in [6.45, 7) is 8.41. The summed E-state index contributed by atoms with van der Waals surface area (Å²) in [5.41, 5.74) is 0. The molecule has 1 heterocycles. The second kappa shape index (κ2) is 5.83. The van der Waals surface area contributed by atoms with Crippen LogP contribution >= 0.6 is 15.9 Å². The highest BCUT2D eigenvalue weighted by Crippen LogP contribution is 2.23. The molecule has 0 saturated carbocycles. The maximum absolute atomic E-state index is 11.7. The van der Waals surface area contributed by atoms with Crippen molar-refractivity contribution in [3.63, 3.8) is 0 Å². The number of alkyl halides is 1. The number of rotatable bonds is 4. The molecule has 0 aliphatic carbocycles. The zero-order valence-electron chi connectivity index (χ0n) is 10.3. The molecule has 1 aliphatic heterocycles. The Labute approximate surface area is 108 Å². The van der Waals surface area contributed by atoms with Crippen LogP contribution < -0.4 is 0 Å². The molecule has 0 radical (unpaired) electrons. The predicted octanol–water partition coefficient (Wildman–Crippen LogP) is 1.91. The lowest BCUT2D eigenvalue weighted by atomic mass is 10.0. The summed E-state index contributed by atoms with van der Waals surface area (Å²) in [4.78, 5) is 2.85. The van der Waals surface area contributed by atoms with Crippen LogP contribution in [0.1, 0.15) is 27.2 Å². The van der Waals surface area contributed by atoms with Crippen molar-refractivity contribution in [1.82, 2.24) is 4.90 Å². The maximum atomic E-state index is 11.7. The van der Waals surface area contributed by atoms with Gasteiger partial charge in [0.05, 0.1) is 11.0 Å². The monoisotopic (exact) mass is 311 g/mol. The van der Waals surface area contributed by atoms with Gasteiger partial charge in [0.1, 0.15) is 0 Å². The van der Waals surface area contributed by atoms with Gasteiger partial charge < -0.3 is 4.90 Å². The first-order chi connectivity index (χ1) is 7.33. The van der Waals surface area contributed by atoms with E-state index in [1.165, 1.54) is 0 Å². The summed E-state index contributed by atoms with van der Waals surface area (Å²) >= 11 is 3.65. The Morgan fingerprint density at radius 2 is 2.06 bits per heavy atom. The van der Waals surface area contributed by atoms with E-state index in [0.717, 1.165) is 19.5 Å². The van der Waals surface area contributed by atoms with Crippen LogP contribution in [0.3, 0.4) is 0 Å². The predicted molar refractivity (Wildman–Crippen MR) is 71.9 cm³/mol. The van der Waals surface area contributed by atoms with Gasteiger partial charge in [-0.1, -0.05) is 22.9 Å². The molecule has 2 atom stereocenters. The highest BCUT2D eigenvalue weighted by Gasteiger charge is 2.25. The molecule has 0 N–H and O–H groups in total. The standard InChI is InChI=1S/C11H22BrNO2S/c1-9(2)16(14,15)7-6-13-5-4-11(12)10(3)8-13/h9-11H,4-8H2,1-3H3. The van der Waals surface area contributed by atoms with Gasteiger partial charge >= 0.3 is 0 Å². The van der Waals surface area contributed by atoms with Crippen LogP contribution in [-0.4, -0.2) is 48.8 Å². The number of hydrogen-bond donors (Lipinski definition) is 0. The van der Waals surface area contributed by atoms with Crippen LogP contribution in [0, 0.1) is 5.92 Å². The van der Waals surface area contributed by atoms with E-state index in [0.29, 0.717) is 23.0 Å². The van der Waals surface area contributed by atoms with Crippen molar-refractivity contribution in [2.45, 2.75) is 37.3 Å². The maximum Gasteiger partial charge on any atom is 0.153 e. The average Bonchev–Trinajstić information content (AvgIpc) is 2.20. The van der Waals surface area contributed by atoms with E-state index in [2.05, 4.69) is 27.8 Å². The Kier molecular flexibility index (Phi) is 5.26. The zero-order valence-corrected chi connectivity index (χ0v) is 12.7. The number of piperidine rings is 1. The largest absolute Gasteiger partial charge is 0.302 e. The fourth-order valence-corrected chi connectivity index (χ4v) is 3.25. The molecule has 0 aromatic carbocycles. The van der Waals surface area contributed by atoms with Crippen LogP contribution in [-0.2, 0) is 9.84 Å². The average molecular weight is 312 g/mol. The quantitative estimate of drug-likeness (QED) is 0.744. The minimum atomic E-state index is -2.88. The Morgan fingerprint density at radius 1 is 1.44 bits per heavy atom. The molecule has 3 nitrogen and oxygen atoms in total. The Bertz CT molecular complexity index is 316. The van der Waals surface area contributed by atoms with E-state index in [1.807, 2.05) is 0 Å². The molecule has 1 fully saturated rings. The Balaban J connectivity index is 2.40. The smallest absolute Gasteiger partial charge is 0.153 e. The van der Waals surface area contributed by atoms with Gasteiger partial charge in [0.25, 0.3) is 0 Å². The van der Waals surface area contributed by atoms with Crippen molar-refractivity contribution in [3.05, 3.63) is 0 Å². The number of sulfone groups is 1. The van der Waals surface area contributed by atoms with Gasteiger partial charge in [0.15, 0.2) is 9.84 Å². The molecular formula is C11H22BrNO2S. The van der Waals surface area contributed by atoms with E-state index in [-0.39, 0.29) is 5.25 Å². The third-order valence-corrected chi connectivity index (χ3v) is 6.84. The Morgan fingerprint density at radius 3 is 2.56 bits per heavy atom. The van der Waals surface area contributed by atoms with Gasteiger partial charge in [-0.05, 0) is 32.7 Å². The van der Waals surface area contributed by atoms with Crippen LogP contribution in [0.5, 0.6) is 0 Å². The van der Waals surface area contributed by atoms with Gasteiger partial charge in [0.2, 0.25) is 0 Å². The summed E-state index contributed by atoms with van der Waals surface area (Å²) < 4.78 is 23.4. The first-order valence-corrected chi connectivity index (χ1v) is 8.54. The van der Waals surface area contributed by atoms with Gasteiger partial charge in [-0.25, -0.2) is 8.42 Å². The molecule has 1 saturated heterocycles. The highest BCUT2D eigenvalue weighted by molar-refractivity contribution is 9.09. The molecule has 0 spiro atoms. The summed E-state index contributed by atoms with van der Waals surface area (Å²) in [6.07, 6.45) is 1.11. The molecule has 16 heavy (non-hydrogen) atoms. The number of halogens is 1. The number of likely N-dealkylation sites (tertiary alicyclic amines) is 1. The molecule has 5 heteroatoms. The number of nitrogens with zero attached hydrogens (tertiary/aromatic N) is 1. The fraction of sp³-hybridized carbons (Fsp3) is 1.00. The molecule has 2 unspecified atom stereocenters. The summed E-state index contributed by atoms with van der Waals surface area (Å²) in [5.74, 6) is 0.903. The molecule has 0 aromatic rings. The second-order valence-corrected chi connectivity index (χ2v) is 8.85. The first kappa shape index (κ1) is 14.5. The summed E-state index contributed by atoms with van der Waals surface area (Å²) in [6, 6.07) is 0. The minimum absolute atomic E-state index is 0.251. The third kappa shape index (κ3) is 4.00. The van der Waals surface area contributed by atoms with Crippen molar-refractivity contribution < 1.29 is 8.42 Å². The molecule has 1 aliphatic rings. The third-order valence-electron chi connectivity index (χ3n) is 3.29. The Hall–Kier alpha value is 0.390. The lowest BCUT2D eigenvalue weighted by molar-refractivity contribution is 0.201. The highest BCUT2D eigenvalue weighted by atomic mass is 79.9. The van der Waals surface area contributed by atoms with Crippen LogP contribution in [0.4, 0.5) is 0 Å². The second-order valence-electron chi connectivity index (χ2n) is 5.00. The minimum Gasteiger partial charge on any atom is -0.302 e. The molecule has 1 rings (SSSR count). The van der Waals surface area contributed by atoms with E-state index < -0.39 is 9.84 Å². The first-order valence-electron chi connectivity index (χ1n) is 5.91. The molecule has 96 valence electrons. The van der Waals surface area contributed by atoms with Crippen molar-refractivity contribution in [3.8, 4) is 0 Å². The fourth-order valence-electron chi connectivity index (χ4n) is 1.90. The van der Waals surface area contributed by atoms with E-state index in [9.17, 15) is 8.42 Å². The van der Waals surface area contributed by atoms with Gasteiger partial charge in [-0.3, -0.25) is 0 Å².